The van der Waals surface area contributed by atoms with Gasteiger partial charge in [0, 0.05) is 11.6 Å². The molecule has 0 atom stereocenters. The number of carbonyl (C=O) groups is 1. The third-order valence-corrected chi connectivity index (χ3v) is 3.33. The number of ether oxygens (including phenoxy) is 3. The number of carbonyl (C=O) groups excluding carboxylic acids is 1. The van der Waals surface area contributed by atoms with Crippen LogP contribution in [0.1, 0.15) is 43.6 Å². The van der Waals surface area contributed by atoms with Gasteiger partial charge in [0.05, 0.1) is 19.8 Å². The lowest BCUT2D eigenvalue weighted by Gasteiger charge is -2.17. The zero-order valence-corrected chi connectivity index (χ0v) is 14.9. The molecule has 0 aliphatic rings. The summed E-state index contributed by atoms with van der Waals surface area (Å²) in [5.74, 6) is 1.62. The van der Waals surface area contributed by atoms with E-state index in [9.17, 15) is 4.79 Å². The van der Waals surface area contributed by atoms with Gasteiger partial charge in [-0.15, -0.1) is 0 Å². The minimum Gasteiger partial charge on any atom is -0.496 e. The predicted octanol–water partition coefficient (Wildman–Crippen LogP) is 4.37. The molecule has 0 aliphatic carbocycles. The first kappa shape index (κ1) is 18.8. The Morgan fingerprint density at radius 3 is 2.13 bits per heavy atom. The smallest absolute Gasteiger partial charge is 0.157 e. The van der Waals surface area contributed by atoms with E-state index in [1.54, 1.807) is 20.3 Å². The van der Waals surface area contributed by atoms with E-state index in [2.05, 4.69) is 6.08 Å². The Balaban J connectivity index is 3.36. The maximum atomic E-state index is 11.6. The molecule has 0 amide bonds. The molecule has 0 N–H and O–H groups in total. The number of methoxy groups -OCH3 is 2. The lowest BCUT2D eigenvalue weighted by molar-refractivity contribution is 0.111. The number of allylic oxidation sites excluding steroid dienone is 3. The van der Waals surface area contributed by atoms with Crippen LogP contribution in [-0.2, 0) is 6.42 Å². The van der Waals surface area contributed by atoms with Crippen molar-refractivity contribution in [3.05, 3.63) is 40.5 Å². The first-order valence-corrected chi connectivity index (χ1v) is 7.57. The van der Waals surface area contributed by atoms with Gasteiger partial charge in [-0.3, -0.25) is 4.79 Å². The molecular formula is C19H26O4. The summed E-state index contributed by atoms with van der Waals surface area (Å²) in [6.07, 6.45) is 5.41. The first-order valence-electron chi connectivity index (χ1n) is 7.57. The molecule has 4 nitrogen and oxygen atoms in total. The summed E-state index contributed by atoms with van der Waals surface area (Å²) in [4.78, 5) is 11.6. The minimum atomic E-state index is 0.392. The van der Waals surface area contributed by atoms with Crippen LogP contribution in [0.15, 0.2) is 29.4 Å². The molecule has 4 heteroatoms. The Bertz CT molecular complexity index is 604. The number of benzene rings is 1. The number of aldehydes is 1. The molecule has 0 aromatic heterocycles. The van der Waals surface area contributed by atoms with E-state index in [0.29, 0.717) is 35.8 Å². The van der Waals surface area contributed by atoms with Crippen molar-refractivity contribution in [2.24, 2.45) is 0 Å². The van der Waals surface area contributed by atoms with Gasteiger partial charge in [0.2, 0.25) is 0 Å². The molecule has 0 saturated heterocycles. The van der Waals surface area contributed by atoms with Gasteiger partial charge in [0.15, 0.2) is 6.29 Å². The molecule has 1 aromatic carbocycles. The molecule has 0 spiro atoms. The lowest BCUT2D eigenvalue weighted by Crippen LogP contribution is -2.05. The minimum absolute atomic E-state index is 0.392. The van der Waals surface area contributed by atoms with Crippen molar-refractivity contribution in [3.63, 3.8) is 0 Å². The highest BCUT2D eigenvalue weighted by Crippen LogP contribution is 2.39. The van der Waals surface area contributed by atoms with Crippen LogP contribution in [0.2, 0.25) is 0 Å². The third kappa shape index (κ3) is 5.16. The monoisotopic (exact) mass is 318 g/mol. The Morgan fingerprint density at radius 2 is 1.65 bits per heavy atom. The molecule has 0 unspecified atom stereocenters. The van der Waals surface area contributed by atoms with Gasteiger partial charge in [0.25, 0.3) is 0 Å². The summed E-state index contributed by atoms with van der Waals surface area (Å²) >= 11 is 0. The Morgan fingerprint density at radius 1 is 1.00 bits per heavy atom. The van der Waals surface area contributed by atoms with Crippen LogP contribution >= 0.6 is 0 Å². The summed E-state index contributed by atoms with van der Waals surface area (Å²) in [7, 11) is 3.15. The normalized spacial score (nSPS) is 9.83. The molecule has 0 heterocycles. The maximum Gasteiger partial charge on any atom is 0.157 e. The van der Waals surface area contributed by atoms with Crippen molar-refractivity contribution >= 4 is 6.29 Å². The fourth-order valence-electron chi connectivity index (χ4n) is 2.11. The second kappa shape index (κ2) is 9.03. The van der Waals surface area contributed by atoms with Crippen molar-refractivity contribution in [2.45, 2.75) is 34.1 Å². The van der Waals surface area contributed by atoms with Gasteiger partial charge in [-0.1, -0.05) is 17.2 Å². The van der Waals surface area contributed by atoms with E-state index in [-0.39, 0.29) is 0 Å². The average Bonchev–Trinajstić information content (AvgIpc) is 2.51. The highest BCUT2D eigenvalue weighted by atomic mass is 16.5. The molecule has 126 valence electrons. The molecule has 0 saturated carbocycles. The first-order chi connectivity index (χ1) is 10.9. The second-order valence-electron chi connectivity index (χ2n) is 5.70. The summed E-state index contributed by atoms with van der Waals surface area (Å²) < 4.78 is 16.7. The van der Waals surface area contributed by atoms with Gasteiger partial charge < -0.3 is 14.2 Å². The van der Waals surface area contributed by atoms with Gasteiger partial charge >= 0.3 is 0 Å². The van der Waals surface area contributed by atoms with E-state index in [1.807, 2.05) is 33.8 Å². The van der Waals surface area contributed by atoms with Gasteiger partial charge in [0.1, 0.15) is 23.9 Å². The molecular weight excluding hydrogens is 292 g/mol. The van der Waals surface area contributed by atoms with Crippen molar-refractivity contribution in [2.75, 3.05) is 20.8 Å². The highest BCUT2D eigenvalue weighted by Gasteiger charge is 2.19. The van der Waals surface area contributed by atoms with Crippen molar-refractivity contribution in [3.8, 4) is 17.2 Å². The fourth-order valence-corrected chi connectivity index (χ4v) is 2.11. The van der Waals surface area contributed by atoms with Crippen LogP contribution in [-0.4, -0.2) is 27.1 Å². The van der Waals surface area contributed by atoms with Crippen LogP contribution < -0.4 is 14.2 Å². The summed E-state index contributed by atoms with van der Waals surface area (Å²) in [6.45, 7) is 8.43. The topological polar surface area (TPSA) is 44.8 Å². The SMILES string of the molecule is COc1cc(OCC=C(C)C)c(C=O)c(OC)c1CC=C(C)C. The summed E-state index contributed by atoms with van der Waals surface area (Å²) in [5.41, 5.74) is 3.59. The standard InChI is InChI=1S/C19H26O4/c1-13(2)7-8-15-17(21-5)11-18(23-10-9-14(3)4)16(12-20)19(15)22-6/h7,9,11-12H,8,10H2,1-6H3. The Kier molecular flexibility index (Phi) is 7.39. The van der Waals surface area contributed by atoms with Crippen LogP contribution in [0.3, 0.4) is 0 Å². The van der Waals surface area contributed by atoms with Gasteiger partial charge in [-0.2, -0.15) is 0 Å². The van der Waals surface area contributed by atoms with Crippen LogP contribution in [0.4, 0.5) is 0 Å². The van der Waals surface area contributed by atoms with Crippen molar-refractivity contribution in [1.82, 2.24) is 0 Å². The zero-order chi connectivity index (χ0) is 17.4. The quantitative estimate of drug-likeness (QED) is 0.527. The van der Waals surface area contributed by atoms with Crippen LogP contribution in [0.25, 0.3) is 0 Å². The van der Waals surface area contributed by atoms with Crippen molar-refractivity contribution < 1.29 is 19.0 Å². The lowest BCUT2D eigenvalue weighted by atomic mass is 10.0. The molecule has 0 radical (unpaired) electrons. The number of hydrogen-bond acceptors (Lipinski definition) is 4. The van der Waals surface area contributed by atoms with Gasteiger partial charge in [-0.25, -0.2) is 0 Å². The van der Waals surface area contributed by atoms with E-state index in [0.717, 1.165) is 17.4 Å². The predicted molar refractivity (Wildman–Crippen MR) is 93.0 cm³/mol. The number of rotatable bonds is 8. The molecule has 0 fully saturated rings. The zero-order valence-electron chi connectivity index (χ0n) is 14.9. The van der Waals surface area contributed by atoms with E-state index < -0.39 is 0 Å². The average molecular weight is 318 g/mol. The van der Waals surface area contributed by atoms with E-state index in [4.69, 9.17) is 14.2 Å². The highest BCUT2D eigenvalue weighted by molar-refractivity contribution is 5.86. The molecule has 1 rings (SSSR count). The number of hydrogen-bond donors (Lipinski definition) is 0. The maximum absolute atomic E-state index is 11.6. The second-order valence-corrected chi connectivity index (χ2v) is 5.70. The van der Waals surface area contributed by atoms with Gasteiger partial charge in [-0.05, 0) is 40.2 Å². The summed E-state index contributed by atoms with van der Waals surface area (Å²) in [5, 5.41) is 0. The molecule has 1 aromatic rings. The van der Waals surface area contributed by atoms with E-state index >= 15 is 0 Å². The molecule has 0 aliphatic heterocycles. The molecule has 23 heavy (non-hydrogen) atoms. The van der Waals surface area contributed by atoms with Crippen LogP contribution in [0.5, 0.6) is 17.2 Å². The van der Waals surface area contributed by atoms with Crippen LogP contribution in [0, 0.1) is 0 Å². The third-order valence-electron chi connectivity index (χ3n) is 3.33. The van der Waals surface area contributed by atoms with E-state index in [1.165, 1.54) is 5.57 Å². The largest absolute Gasteiger partial charge is 0.496 e. The Labute approximate surface area is 138 Å². The molecule has 0 bridgehead atoms. The Hall–Kier alpha value is -2.23. The summed E-state index contributed by atoms with van der Waals surface area (Å²) in [6, 6.07) is 1.75. The fraction of sp³-hybridized carbons (Fsp3) is 0.421. The van der Waals surface area contributed by atoms with Crippen molar-refractivity contribution in [1.29, 1.82) is 0 Å².